The highest BCUT2D eigenvalue weighted by Crippen LogP contribution is 2.34. The summed E-state index contributed by atoms with van der Waals surface area (Å²) in [5.41, 5.74) is -0.820. The van der Waals surface area contributed by atoms with Crippen LogP contribution in [0.2, 0.25) is 0 Å². The topological polar surface area (TPSA) is 62.4 Å². The van der Waals surface area contributed by atoms with E-state index in [1.165, 1.54) is 7.05 Å². The molecule has 10 heteroatoms. The maximum atomic E-state index is 14.3. The van der Waals surface area contributed by atoms with Crippen molar-refractivity contribution >= 4 is 32.6 Å². The Labute approximate surface area is 175 Å². The first-order valence-corrected chi connectivity index (χ1v) is 9.51. The van der Waals surface area contributed by atoms with E-state index in [4.69, 9.17) is 4.74 Å². The van der Waals surface area contributed by atoms with Crippen molar-refractivity contribution in [2.24, 2.45) is 0 Å². The number of fused-ring (bicyclic) bond motifs is 3. The predicted molar refractivity (Wildman–Crippen MR) is 103 cm³/mol. The molecule has 2 aromatic carbocycles. The Morgan fingerprint density at radius 2 is 1.67 bits per heavy atom. The molecule has 1 amide bonds. The second-order valence-electron chi connectivity index (χ2n) is 6.85. The lowest BCUT2D eigenvalue weighted by Crippen LogP contribution is -2.38. The fraction of sp³-hybridized carbons (Fsp3) is 0.200. The van der Waals surface area contributed by atoms with Crippen LogP contribution >= 0.6 is 15.9 Å². The predicted octanol–water partition coefficient (Wildman–Crippen LogP) is 4.19. The third-order valence-electron chi connectivity index (χ3n) is 5.05. The van der Waals surface area contributed by atoms with Crippen LogP contribution in [0.25, 0.3) is 10.8 Å². The molecule has 4 rings (SSSR count). The van der Waals surface area contributed by atoms with Crippen molar-refractivity contribution in [3.63, 3.8) is 0 Å². The number of hydrogen-bond donors (Lipinski definition) is 1. The quantitative estimate of drug-likeness (QED) is 0.554. The molecule has 0 spiro atoms. The Balaban J connectivity index is 1.87. The first-order valence-electron chi connectivity index (χ1n) is 8.72. The van der Waals surface area contributed by atoms with Crippen LogP contribution in [0.3, 0.4) is 0 Å². The number of benzene rings is 2. The molecular weight excluding hydrogens is 472 g/mol. The summed E-state index contributed by atoms with van der Waals surface area (Å²) in [6.45, 7) is -0.103. The monoisotopic (exact) mass is 484 g/mol. The van der Waals surface area contributed by atoms with E-state index >= 15 is 0 Å². The number of aromatic nitrogens is 1. The van der Waals surface area contributed by atoms with Crippen molar-refractivity contribution in [3.05, 3.63) is 79.2 Å². The smallest absolute Gasteiger partial charge is 0.260 e. The molecule has 3 aromatic rings. The van der Waals surface area contributed by atoms with Gasteiger partial charge in [0.25, 0.3) is 11.5 Å². The van der Waals surface area contributed by atoms with E-state index in [-0.39, 0.29) is 34.2 Å². The second-order valence-corrected chi connectivity index (χ2v) is 7.77. The minimum atomic E-state index is -1.19. The fourth-order valence-electron chi connectivity index (χ4n) is 3.61. The van der Waals surface area contributed by atoms with E-state index in [2.05, 4.69) is 20.9 Å². The van der Waals surface area contributed by atoms with Gasteiger partial charge in [0.05, 0.1) is 24.6 Å². The average molecular weight is 485 g/mol. The van der Waals surface area contributed by atoms with E-state index in [9.17, 15) is 27.2 Å². The summed E-state index contributed by atoms with van der Waals surface area (Å²) in [5, 5.41) is -0.0150. The van der Waals surface area contributed by atoms with Gasteiger partial charge in [0.2, 0.25) is 0 Å². The number of amides is 1. The molecule has 30 heavy (non-hydrogen) atoms. The normalized spacial score (nSPS) is 15.9. The number of nitrogens with zero attached hydrogens (tertiary/aromatic N) is 1. The Morgan fingerprint density at radius 1 is 1.07 bits per heavy atom. The number of aromatic amines is 1. The third kappa shape index (κ3) is 3.29. The van der Waals surface area contributed by atoms with Gasteiger partial charge in [0, 0.05) is 22.8 Å². The van der Waals surface area contributed by atoms with Gasteiger partial charge in [0.1, 0.15) is 17.2 Å². The van der Waals surface area contributed by atoms with E-state index in [0.29, 0.717) is 5.56 Å². The molecule has 0 saturated heterocycles. The summed E-state index contributed by atoms with van der Waals surface area (Å²) in [7, 11) is 1.31. The highest BCUT2D eigenvalue weighted by atomic mass is 79.9. The third-order valence-corrected chi connectivity index (χ3v) is 5.51. The first-order chi connectivity index (χ1) is 14.2. The van der Waals surface area contributed by atoms with Crippen LogP contribution in [0.5, 0.6) is 0 Å². The summed E-state index contributed by atoms with van der Waals surface area (Å²) in [6.07, 6.45) is 0. The summed E-state index contributed by atoms with van der Waals surface area (Å²) in [4.78, 5) is 28.8. The molecule has 1 aliphatic rings. The minimum Gasteiger partial charge on any atom is -0.373 e. The maximum Gasteiger partial charge on any atom is 0.260 e. The number of carbonyl (C=O) groups is 1. The van der Waals surface area contributed by atoms with Crippen LogP contribution < -0.4 is 5.56 Å². The molecule has 1 aromatic heterocycles. The molecule has 0 fully saturated rings. The van der Waals surface area contributed by atoms with Gasteiger partial charge in [-0.05, 0) is 29.7 Å². The Bertz CT molecular complexity index is 1240. The average Bonchev–Trinajstić information content (AvgIpc) is 2.67. The van der Waals surface area contributed by atoms with Crippen molar-refractivity contribution in [2.75, 3.05) is 13.7 Å². The summed E-state index contributed by atoms with van der Waals surface area (Å²) in [6, 6.07) is 2.65. The Kier molecular flexibility index (Phi) is 5.15. The largest absolute Gasteiger partial charge is 0.373 e. The lowest BCUT2D eigenvalue weighted by molar-refractivity contribution is 0.0330. The minimum absolute atomic E-state index is 0.0287. The Hall–Kier alpha value is -2.72. The number of carbonyl (C=O) groups excluding carboxylic acids is 1. The van der Waals surface area contributed by atoms with Gasteiger partial charge in [0.15, 0.2) is 11.6 Å². The maximum absolute atomic E-state index is 14.3. The Morgan fingerprint density at radius 3 is 2.30 bits per heavy atom. The van der Waals surface area contributed by atoms with Gasteiger partial charge >= 0.3 is 0 Å². The molecule has 0 bridgehead atoms. The molecular formula is C20H13BrF4N2O3. The van der Waals surface area contributed by atoms with Gasteiger partial charge in [-0.1, -0.05) is 15.9 Å². The second kappa shape index (κ2) is 7.51. The van der Waals surface area contributed by atoms with Crippen LogP contribution in [0.4, 0.5) is 17.6 Å². The number of rotatable bonds is 2. The van der Waals surface area contributed by atoms with Crippen LogP contribution in [-0.4, -0.2) is 29.4 Å². The van der Waals surface area contributed by atoms with Crippen LogP contribution in [-0.2, 0) is 11.3 Å². The molecule has 0 unspecified atom stereocenters. The van der Waals surface area contributed by atoms with Crippen molar-refractivity contribution < 1.29 is 27.1 Å². The van der Waals surface area contributed by atoms with E-state index in [1.807, 2.05) is 0 Å². The van der Waals surface area contributed by atoms with Crippen molar-refractivity contribution in [2.45, 2.75) is 12.6 Å². The summed E-state index contributed by atoms with van der Waals surface area (Å²) < 4.78 is 61.8. The van der Waals surface area contributed by atoms with Gasteiger partial charge in [-0.25, -0.2) is 17.6 Å². The van der Waals surface area contributed by atoms with Gasteiger partial charge in [-0.2, -0.15) is 0 Å². The molecule has 1 N–H and O–H groups in total. The van der Waals surface area contributed by atoms with E-state index in [1.54, 1.807) is 0 Å². The first kappa shape index (κ1) is 20.5. The van der Waals surface area contributed by atoms with Crippen LogP contribution in [0.15, 0.2) is 33.5 Å². The molecule has 0 saturated carbocycles. The molecule has 1 atom stereocenters. The highest BCUT2D eigenvalue weighted by Gasteiger charge is 2.33. The SMILES string of the molecule is CN(C(=O)c1c(F)cc(Br)cc1F)[C@@H]1COCc2[nH]c(=O)c3cc(F)c(F)cc3c21. The zero-order valence-corrected chi connectivity index (χ0v) is 16.9. The lowest BCUT2D eigenvalue weighted by atomic mass is 9.95. The van der Waals surface area contributed by atoms with Crippen molar-refractivity contribution in [1.82, 2.24) is 9.88 Å². The fourth-order valence-corrected chi connectivity index (χ4v) is 4.01. The van der Waals surface area contributed by atoms with Crippen molar-refractivity contribution in [3.8, 4) is 0 Å². The zero-order chi connectivity index (χ0) is 21.7. The van der Waals surface area contributed by atoms with Gasteiger partial charge in [-0.3, -0.25) is 9.59 Å². The summed E-state index contributed by atoms with van der Waals surface area (Å²) in [5.74, 6) is -5.45. The van der Waals surface area contributed by atoms with Crippen LogP contribution in [0.1, 0.15) is 27.7 Å². The number of hydrogen-bond acceptors (Lipinski definition) is 3. The molecule has 0 aliphatic carbocycles. The standard InChI is InChI=1S/C20H13BrF4N2O3/c1-27(20(29)18-13(24)2-8(21)3-14(18)25)16-7-30-6-15-17(16)9-4-11(22)12(23)5-10(9)19(28)26-15/h2-5,16H,6-7H2,1H3,(H,26,28)/t16-/m1/s1. The van der Waals surface area contributed by atoms with E-state index < -0.39 is 46.3 Å². The van der Waals surface area contributed by atoms with Crippen molar-refractivity contribution in [1.29, 1.82) is 0 Å². The van der Waals surface area contributed by atoms with Gasteiger partial charge < -0.3 is 14.6 Å². The van der Waals surface area contributed by atoms with E-state index in [0.717, 1.165) is 29.2 Å². The zero-order valence-electron chi connectivity index (χ0n) is 15.4. The molecule has 156 valence electrons. The molecule has 5 nitrogen and oxygen atoms in total. The number of ether oxygens (including phenoxy) is 1. The molecule has 0 radical (unpaired) electrons. The molecule has 2 heterocycles. The summed E-state index contributed by atoms with van der Waals surface area (Å²) >= 11 is 2.95. The lowest BCUT2D eigenvalue weighted by Gasteiger charge is -2.34. The molecule has 1 aliphatic heterocycles. The highest BCUT2D eigenvalue weighted by molar-refractivity contribution is 9.10. The number of nitrogens with one attached hydrogen (secondary N) is 1. The number of pyridine rings is 1. The van der Waals surface area contributed by atoms with Gasteiger partial charge in [-0.15, -0.1) is 0 Å². The van der Waals surface area contributed by atoms with Crippen LogP contribution in [0, 0.1) is 23.3 Å². The number of likely N-dealkylation sites (N-methyl/N-ethyl adjacent to an activating group) is 1. The number of halogens is 5. The number of H-pyrrole nitrogens is 1.